The molecule has 0 spiro atoms. The Morgan fingerprint density at radius 3 is 1.69 bits per heavy atom. The number of hydrogen-bond donors (Lipinski definition) is 8. The van der Waals surface area contributed by atoms with Crippen molar-refractivity contribution in [2.75, 3.05) is 0 Å². The van der Waals surface area contributed by atoms with Crippen molar-refractivity contribution in [3.63, 3.8) is 0 Å². The number of primary amides is 3. The minimum atomic E-state index is -2.08. The summed E-state index contributed by atoms with van der Waals surface area (Å²) in [6.45, 7) is 0. The first-order chi connectivity index (χ1) is 7.17. The second-order valence-corrected chi connectivity index (χ2v) is 3.36. The molecule has 10 N–H and O–H groups in total. The SMILES string of the molecule is NC(=O)NC(O)C(S)(NC(N)=O)NC(N)=O. The summed E-state index contributed by atoms with van der Waals surface area (Å²) in [5.74, 6) is 0. The van der Waals surface area contributed by atoms with Crippen LogP contribution in [0, 0.1) is 0 Å². The second kappa shape index (κ2) is 5.27. The van der Waals surface area contributed by atoms with E-state index in [0.29, 0.717) is 0 Å². The summed E-state index contributed by atoms with van der Waals surface area (Å²) in [6, 6.07) is -3.34. The first-order valence-corrected chi connectivity index (χ1v) is 4.23. The van der Waals surface area contributed by atoms with E-state index in [0.717, 1.165) is 0 Å². The van der Waals surface area contributed by atoms with Crippen LogP contribution in [0.1, 0.15) is 0 Å². The first kappa shape index (κ1) is 14.1. The van der Waals surface area contributed by atoms with Gasteiger partial charge in [0.2, 0.25) is 4.99 Å². The predicted molar refractivity (Wildman–Crippen MR) is 55.9 cm³/mol. The van der Waals surface area contributed by atoms with Gasteiger partial charge in [0.1, 0.15) is 0 Å². The third kappa shape index (κ3) is 4.56. The normalized spacial score (nSPS) is 12.4. The fraction of sp³-hybridized carbons (Fsp3) is 0.400. The molecule has 0 saturated heterocycles. The Hall–Kier alpha value is -1.88. The highest BCUT2D eigenvalue weighted by molar-refractivity contribution is 7.81. The molecule has 0 aliphatic heterocycles. The molecule has 11 heteroatoms. The molecule has 16 heavy (non-hydrogen) atoms. The van der Waals surface area contributed by atoms with Gasteiger partial charge in [0.25, 0.3) is 0 Å². The van der Waals surface area contributed by atoms with Gasteiger partial charge in [-0.15, -0.1) is 12.6 Å². The van der Waals surface area contributed by atoms with Crippen LogP contribution in [0.5, 0.6) is 0 Å². The predicted octanol–water partition coefficient (Wildman–Crippen LogP) is -3.11. The average Bonchev–Trinajstić information content (AvgIpc) is 1.98. The number of hydrogen-bond acceptors (Lipinski definition) is 5. The number of nitrogens with one attached hydrogen (secondary N) is 3. The molecule has 0 saturated carbocycles. The minimum Gasteiger partial charge on any atom is -0.369 e. The molecule has 0 aliphatic rings. The lowest BCUT2D eigenvalue weighted by Crippen LogP contribution is -2.69. The number of carbonyl (C=O) groups is 3. The standard InChI is InChI=1S/C5H12N6O4S/c6-2(13)9-1(12)5(16,10-3(7)14)11-4(8)15/h1,12,16H,(H3,6,9,13)(H3,7,10,14)(H3,8,11,15). The van der Waals surface area contributed by atoms with E-state index in [1.165, 1.54) is 0 Å². The third-order valence-corrected chi connectivity index (χ3v) is 1.77. The van der Waals surface area contributed by atoms with Gasteiger partial charge >= 0.3 is 18.1 Å². The van der Waals surface area contributed by atoms with E-state index in [9.17, 15) is 19.5 Å². The highest BCUT2D eigenvalue weighted by Crippen LogP contribution is 2.10. The van der Waals surface area contributed by atoms with Gasteiger partial charge in [-0.25, -0.2) is 14.4 Å². The molecular formula is C5H12N6O4S. The Balaban J connectivity index is 4.82. The van der Waals surface area contributed by atoms with Crippen molar-refractivity contribution in [1.29, 1.82) is 0 Å². The number of amides is 6. The van der Waals surface area contributed by atoms with E-state index in [-0.39, 0.29) is 0 Å². The van der Waals surface area contributed by atoms with E-state index in [1.807, 2.05) is 10.6 Å². The first-order valence-electron chi connectivity index (χ1n) is 3.79. The Kier molecular flexibility index (Phi) is 4.65. The highest BCUT2D eigenvalue weighted by atomic mass is 32.1. The van der Waals surface area contributed by atoms with Crippen LogP contribution in [0.2, 0.25) is 0 Å². The molecule has 1 unspecified atom stereocenters. The fourth-order valence-electron chi connectivity index (χ4n) is 0.783. The molecular weight excluding hydrogens is 240 g/mol. The third-order valence-electron chi connectivity index (χ3n) is 1.30. The van der Waals surface area contributed by atoms with Crippen molar-refractivity contribution in [2.45, 2.75) is 11.2 Å². The van der Waals surface area contributed by atoms with Crippen LogP contribution in [0.3, 0.4) is 0 Å². The molecule has 0 heterocycles. The lowest BCUT2D eigenvalue weighted by Gasteiger charge is -2.33. The topological polar surface area (TPSA) is 186 Å². The number of rotatable bonds is 4. The van der Waals surface area contributed by atoms with E-state index in [1.54, 1.807) is 5.32 Å². The lowest BCUT2D eigenvalue weighted by molar-refractivity contribution is 0.0813. The van der Waals surface area contributed by atoms with Crippen LogP contribution in [0.4, 0.5) is 14.4 Å². The zero-order chi connectivity index (χ0) is 12.9. The van der Waals surface area contributed by atoms with Gasteiger partial charge in [-0.05, 0) is 0 Å². The number of aliphatic hydroxyl groups excluding tert-OH is 1. The zero-order valence-corrected chi connectivity index (χ0v) is 8.82. The summed E-state index contributed by atoms with van der Waals surface area (Å²) < 4.78 is 0. The van der Waals surface area contributed by atoms with E-state index >= 15 is 0 Å². The second-order valence-electron chi connectivity index (χ2n) is 2.66. The number of urea groups is 3. The molecule has 6 amide bonds. The summed E-state index contributed by atoms with van der Waals surface area (Å²) in [4.78, 5) is 29.6. The maximum absolute atomic E-state index is 10.6. The van der Waals surface area contributed by atoms with Gasteiger partial charge < -0.3 is 38.3 Å². The molecule has 0 aromatic carbocycles. The molecule has 92 valence electrons. The van der Waals surface area contributed by atoms with Gasteiger partial charge in [-0.1, -0.05) is 0 Å². The molecule has 0 bridgehead atoms. The van der Waals surface area contributed by atoms with Crippen LogP contribution < -0.4 is 33.2 Å². The molecule has 0 fully saturated rings. The molecule has 0 aromatic heterocycles. The Morgan fingerprint density at radius 2 is 1.44 bits per heavy atom. The zero-order valence-electron chi connectivity index (χ0n) is 7.93. The van der Waals surface area contributed by atoms with Gasteiger partial charge in [0, 0.05) is 0 Å². The Labute approximate surface area is 95.3 Å². The van der Waals surface area contributed by atoms with E-state index < -0.39 is 29.3 Å². The van der Waals surface area contributed by atoms with Gasteiger partial charge in [0.15, 0.2) is 6.23 Å². The molecule has 0 aliphatic carbocycles. The van der Waals surface area contributed by atoms with E-state index in [4.69, 9.17) is 17.2 Å². The van der Waals surface area contributed by atoms with E-state index in [2.05, 4.69) is 12.6 Å². The minimum absolute atomic E-state index is 1.11. The number of thiol groups is 1. The largest absolute Gasteiger partial charge is 0.369 e. The summed E-state index contributed by atoms with van der Waals surface area (Å²) >= 11 is 3.72. The van der Waals surface area contributed by atoms with Crippen LogP contribution in [-0.2, 0) is 0 Å². The Bertz CT molecular complexity index is 293. The van der Waals surface area contributed by atoms with Gasteiger partial charge in [0.05, 0.1) is 0 Å². The van der Waals surface area contributed by atoms with Gasteiger partial charge in [-0.3, -0.25) is 0 Å². The fourth-order valence-corrected chi connectivity index (χ4v) is 1.07. The molecule has 1 atom stereocenters. The van der Waals surface area contributed by atoms with Crippen molar-refractivity contribution in [3.05, 3.63) is 0 Å². The van der Waals surface area contributed by atoms with Crippen LogP contribution in [0.15, 0.2) is 0 Å². The number of aliphatic hydroxyl groups is 1. The van der Waals surface area contributed by atoms with Crippen molar-refractivity contribution >= 4 is 30.7 Å². The van der Waals surface area contributed by atoms with Crippen molar-refractivity contribution < 1.29 is 19.5 Å². The van der Waals surface area contributed by atoms with Crippen molar-refractivity contribution in [2.24, 2.45) is 17.2 Å². The maximum atomic E-state index is 10.6. The monoisotopic (exact) mass is 252 g/mol. The average molecular weight is 252 g/mol. The summed E-state index contributed by atoms with van der Waals surface area (Å²) in [5.41, 5.74) is 14.3. The number of carbonyl (C=O) groups excluding carboxylic acids is 3. The summed E-state index contributed by atoms with van der Waals surface area (Å²) in [6.07, 6.45) is -1.84. The van der Waals surface area contributed by atoms with Crippen molar-refractivity contribution in [3.8, 4) is 0 Å². The quantitative estimate of drug-likeness (QED) is 0.194. The van der Waals surface area contributed by atoms with Crippen LogP contribution in [0.25, 0.3) is 0 Å². The van der Waals surface area contributed by atoms with Crippen LogP contribution >= 0.6 is 12.6 Å². The van der Waals surface area contributed by atoms with Gasteiger partial charge in [-0.2, -0.15) is 0 Å². The molecule has 10 nitrogen and oxygen atoms in total. The summed E-state index contributed by atoms with van der Waals surface area (Å²) in [7, 11) is 0. The molecule has 0 rings (SSSR count). The van der Waals surface area contributed by atoms with Crippen LogP contribution in [-0.4, -0.2) is 34.4 Å². The Morgan fingerprint density at radius 1 is 1.06 bits per heavy atom. The number of nitrogens with two attached hydrogens (primary N) is 3. The summed E-state index contributed by atoms with van der Waals surface area (Å²) in [5, 5.41) is 14.9. The molecule has 0 radical (unpaired) electrons. The maximum Gasteiger partial charge on any atom is 0.314 e. The smallest absolute Gasteiger partial charge is 0.314 e. The van der Waals surface area contributed by atoms with Crippen molar-refractivity contribution in [1.82, 2.24) is 16.0 Å². The molecule has 0 aromatic rings. The highest BCUT2D eigenvalue weighted by Gasteiger charge is 2.37. The lowest BCUT2D eigenvalue weighted by atomic mass is 10.4.